The smallest absolute Gasteiger partial charge is 0.0544 e. The Morgan fingerprint density at radius 2 is 0.950 bits per heavy atom. The maximum absolute atomic E-state index is 2.51. The number of hydrogen-bond donors (Lipinski definition) is 0. The van der Waals surface area contributed by atoms with E-state index in [1.807, 2.05) is 0 Å². The van der Waals surface area contributed by atoms with Gasteiger partial charge < -0.3 is 9.47 Å². The third-order valence-corrected chi connectivity index (χ3v) is 12.0. The Kier molecular flexibility index (Phi) is 9.02. The van der Waals surface area contributed by atoms with Crippen LogP contribution in [0.2, 0.25) is 0 Å². The van der Waals surface area contributed by atoms with Crippen LogP contribution in [0.25, 0.3) is 66.3 Å². The third-order valence-electron chi connectivity index (χ3n) is 12.0. The summed E-state index contributed by atoms with van der Waals surface area (Å²) in [5.41, 5.74) is 18.0. The van der Waals surface area contributed by atoms with Crippen molar-refractivity contribution in [3.63, 3.8) is 0 Å². The highest BCUT2D eigenvalue weighted by molar-refractivity contribution is 6.07. The molecule has 284 valence electrons. The molecule has 0 fully saturated rings. The van der Waals surface area contributed by atoms with Gasteiger partial charge in [0.15, 0.2) is 0 Å². The zero-order valence-electron chi connectivity index (χ0n) is 33.2. The lowest BCUT2D eigenvalue weighted by atomic mass is 9.88. The van der Waals surface area contributed by atoms with Crippen molar-refractivity contribution < 1.29 is 0 Å². The van der Waals surface area contributed by atoms with Gasteiger partial charge in [-0.05, 0) is 123 Å². The van der Waals surface area contributed by atoms with Crippen LogP contribution in [0.1, 0.15) is 23.2 Å². The molecule has 0 bridgehead atoms. The van der Waals surface area contributed by atoms with Gasteiger partial charge in [0, 0.05) is 39.3 Å². The van der Waals surface area contributed by atoms with Gasteiger partial charge in [0.1, 0.15) is 0 Å². The van der Waals surface area contributed by atoms with Crippen LogP contribution in [0.4, 0.5) is 17.1 Å². The van der Waals surface area contributed by atoms with E-state index < -0.39 is 0 Å². The van der Waals surface area contributed by atoms with Crippen molar-refractivity contribution in [2.45, 2.75) is 12.8 Å². The minimum absolute atomic E-state index is 0.968. The van der Waals surface area contributed by atoms with Gasteiger partial charge in [0.05, 0.1) is 11.2 Å². The average Bonchev–Trinajstić information content (AvgIpc) is 3.65. The summed E-state index contributed by atoms with van der Waals surface area (Å²) in [5.74, 6) is 0. The Morgan fingerprint density at radius 1 is 0.400 bits per heavy atom. The fourth-order valence-corrected chi connectivity index (χ4v) is 9.26. The molecule has 0 saturated carbocycles. The van der Waals surface area contributed by atoms with E-state index in [4.69, 9.17) is 0 Å². The fourth-order valence-electron chi connectivity index (χ4n) is 9.26. The highest BCUT2D eigenvalue weighted by atomic mass is 15.1. The number of benzene rings is 9. The predicted octanol–water partition coefficient (Wildman–Crippen LogP) is 15.6. The van der Waals surface area contributed by atoms with Crippen LogP contribution in [0.15, 0.2) is 231 Å². The lowest BCUT2D eigenvalue weighted by Gasteiger charge is -2.29. The molecule has 11 rings (SSSR count). The van der Waals surface area contributed by atoms with E-state index in [1.54, 1.807) is 0 Å². The normalized spacial score (nSPS) is 12.3. The van der Waals surface area contributed by atoms with Crippen LogP contribution >= 0.6 is 0 Å². The lowest BCUT2D eigenvalue weighted by Crippen LogP contribution is -2.12. The van der Waals surface area contributed by atoms with Gasteiger partial charge in [-0.25, -0.2) is 0 Å². The van der Waals surface area contributed by atoms with Crippen LogP contribution in [0.5, 0.6) is 0 Å². The van der Waals surface area contributed by atoms with Gasteiger partial charge >= 0.3 is 0 Å². The lowest BCUT2D eigenvalue weighted by molar-refractivity contribution is 0.884. The molecule has 0 aliphatic heterocycles. The van der Waals surface area contributed by atoms with Crippen LogP contribution in [0, 0.1) is 0 Å². The molecule has 1 heterocycles. The fraction of sp³-hybridized carbons (Fsp3) is 0.0345. The van der Waals surface area contributed by atoms with Crippen LogP contribution in [-0.4, -0.2) is 4.57 Å². The summed E-state index contributed by atoms with van der Waals surface area (Å²) < 4.78 is 2.51. The summed E-state index contributed by atoms with van der Waals surface area (Å²) in [7, 11) is 0. The highest BCUT2D eigenvalue weighted by Crippen LogP contribution is 2.46. The van der Waals surface area contributed by atoms with Crippen molar-refractivity contribution in [3.05, 3.63) is 247 Å². The molecule has 0 radical (unpaired) electrons. The van der Waals surface area contributed by atoms with Crippen molar-refractivity contribution in [2.75, 3.05) is 4.90 Å². The molecular weight excluding hydrogens is 725 g/mol. The molecule has 60 heavy (non-hydrogen) atoms. The molecule has 0 unspecified atom stereocenters. The number of anilines is 3. The Morgan fingerprint density at radius 3 is 1.63 bits per heavy atom. The first-order valence-corrected chi connectivity index (χ1v) is 20.9. The summed E-state index contributed by atoms with van der Waals surface area (Å²) in [6, 6.07) is 81.8. The van der Waals surface area contributed by atoms with Crippen LogP contribution in [-0.2, 0) is 6.42 Å². The van der Waals surface area contributed by atoms with Crippen molar-refractivity contribution in [1.29, 1.82) is 0 Å². The summed E-state index contributed by atoms with van der Waals surface area (Å²) in [6.07, 6.45) is 4.41. The maximum atomic E-state index is 2.51. The van der Waals surface area contributed by atoms with Crippen molar-refractivity contribution in [2.24, 2.45) is 0 Å². The summed E-state index contributed by atoms with van der Waals surface area (Å²) >= 11 is 0. The first-order chi connectivity index (χ1) is 29.8. The van der Waals surface area contributed by atoms with Gasteiger partial charge in [-0.3, -0.25) is 0 Å². The second-order valence-corrected chi connectivity index (χ2v) is 15.6. The molecule has 1 aromatic heterocycles. The standard InChI is InChI=1S/C58H42N2/c1-5-19-41(20-6-1)47-35-48(42-21-7-2-8-22-42)38-51(37-47)59(55-33-16-15-31-52(55)43-23-9-3-10-24-43)50-30-17-27-46(36-50)53-32-18-34-56-58(53)54-39-44-25-13-14-26-45(44)40-57(54)60(56)49-28-11-4-12-29-49/h1-17,19-33,35-40H,18,34H2. The maximum Gasteiger partial charge on any atom is 0.0544 e. The van der Waals surface area contributed by atoms with E-state index in [-0.39, 0.29) is 0 Å². The van der Waals surface area contributed by atoms with Crippen molar-refractivity contribution in [1.82, 2.24) is 4.57 Å². The van der Waals surface area contributed by atoms with Gasteiger partial charge in [-0.15, -0.1) is 0 Å². The molecule has 0 amide bonds. The van der Waals surface area contributed by atoms with Crippen LogP contribution < -0.4 is 4.90 Å². The van der Waals surface area contributed by atoms with Crippen LogP contribution in [0.3, 0.4) is 0 Å². The van der Waals surface area contributed by atoms with E-state index in [1.165, 1.54) is 83.1 Å². The van der Waals surface area contributed by atoms with E-state index in [0.29, 0.717) is 0 Å². The van der Waals surface area contributed by atoms with E-state index in [2.05, 4.69) is 240 Å². The second-order valence-electron chi connectivity index (χ2n) is 15.6. The largest absolute Gasteiger partial charge is 0.313 e. The van der Waals surface area contributed by atoms with E-state index in [9.17, 15) is 0 Å². The quantitative estimate of drug-likeness (QED) is 0.150. The van der Waals surface area contributed by atoms with Gasteiger partial charge in [-0.1, -0.05) is 170 Å². The molecule has 1 aliphatic carbocycles. The summed E-state index contributed by atoms with van der Waals surface area (Å²) in [5, 5.41) is 3.80. The highest BCUT2D eigenvalue weighted by Gasteiger charge is 2.26. The topological polar surface area (TPSA) is 8.17 Å². The molecule has 1 aliphatic rings. The minimum Gasteiger partial charge on any atom is -0.313 e. The monoisotopic (exact) mass is 766 g/mol. The summed E-state index contributed by atoms with van der Waals surface area (Å²) in [4.78, 5) is 2.47. The van der Waals surface area contributed by atoms with Crippen molar-refractivity contribution in [3.8, 4) is 39.1 Å². The number of nitrogens with zero attached hydrogens (tertiary/aromatic N) is 2. The molecule has 0 atom stereocenters. The number of fused-ring (bicyclic) bond motifs is 4. The Hall–Kier alpha value is -7.68. The molecule has 9 aromatic carbocycles. The molecule has 10 aromatic rings. The zero-order valence-corrected chi connectivity index (χ0v) is 33.2. The molecule has 2 heteroatoms. The molecule has 0 N–H and O–H groups in total. The molecular formula is C58H42N2. The Labute approximate surface area is 351 Å². The number of para-hydroxylation sites is 2. The van der Waals surface area contributed by atoms with Crippen molar-refractivity contribution >= 4 is 44.3 Å². The summed E-state index contributed by atoms with van der Waals surface area (Å²) in [6.45, 7) is 0. The van der Waals surface area contributed by atoms with E-state index in [0.717, 1.165) is 29.9 Å². The Bertz CT molecular complexity index is 3120. The molecule has 0 saturated heterocycles. The Balaban J connectivity index is 1.14. The number of hydrogen-bond acceptors (Lipinski definition) is 1. The number of allylic oxidation sites excluding steroid dienone is 1. The molecule has 2 nitrogen and oxygen atoms in total. The second kappa shape index (κ2) is 15.2. The zero-order chi connectivity index (χ0) is 39.8. The number of aromatic nitrogens is 1. The van der Waals surface area contributed by atoms with Gasteiger partial charge in [0.2, 0.25) is 0 Å². The van der Waals surface area contributed by atoms with E-state index >= 15 is 0 Å². The molecule has 0 spiro atoms. The van der Waals surface area contributed by atoms with Gasteiger partial charge in [0.25, 0.3) is 0 Å². The first kappa shape index (κ1) is 35.5. The third kappa shape index (κ3) is 6.40. The first-order valence-electron chi connectivity index (χ1n) is 20.9. The average molecular weight is 767 g/mol. The predicted molar refractivity (Wildman–Crippen MR) is 254 cm³/mol. The van der Waals surface area contributed by atoms with Gasteiger partial charge in [-0.2, -0.15) is 0 Å². The SMILES string of the molecule is C1=C(c2cccc(N(c3cc(-c4ccccc4)cc(-c4ccccc4)c3)c3ccccc3-c3ccccc3)c2)c2c(n(-c3ccccc3)c3cc4ccccc4cc23)CC1. The number of rotatable bonds is 8. The minimum atomic E-state index is 0.968.